The Morgan fingerprint density at radius 2 is 0.655 bits per heavy atom. The third-order valence-electron chi connectivity index (χ3n) is 13.2. The quantitative estimate of drug-likeness (QED) is 0.0413. The molecule has 0 unspecified atom stereocenters. The second-order valence-corrected chi connectivity index (χ2v) is 23.0. The van der Waals surface area contributed by atoms with Gasteiger partial charge in [-0.05, 0) is 0 Å². The van der Waals surface area contributed by atoms with Crippen LogP contribution >= 0.6 is 6.60 Å². The van der Waals surface area contributed by atoms with Crippen LogP contribution in [0.3, 0.4) is 0 Å². The van der Waals surface area contributed by atoms with Gasteiger partial charge < -0.3 is 0 Å². The maximum absolute atomic E-state index is 2.90. The summed E-state index contributed by atoms with van der Waals surface area (Å²) < 4.78 is 0. The molecule has 55 heavy (non-hydrogen) atoms. The molecule has 0 saturated heterocycles. The number of unbranched alkanes of at least 4 members (excludes halogenated alkanes) is 24. The molecule has 0 amide bonds. The maximum atomic E-state index is 2.70. The topological polar surface area (TPSA) is 0 Å². The summed E-state index contributed by atoms with van der Waals surface area (Å²) in [6.07, 6.45) is 43.7. The molecule has 0 N–H and O–H groups in total. The van der Waals surface area contributed by atoms with Crippen LogP contribution in [-0.4, -0.2) is 12.3 Å². The van der Waals surface area contributed by atoms with Crippen molar-refractivity contribution >= 4 is 22.5 Å². The monoisotopic (exact) mass is 769 g/mol. The first-order valence-corrected chi connectivity index (χ1v) is 27.0. The van der Waals surface area contributed by atoms with Gasteiger partial charge >= 0.3 is 345 Å². The Morgan fingerprint density at radius 3 is 1.05 bits per heavy atom. The fourth-order valence-corrected chi connectivity index (χ4v) is 17.5. The predicted octanol–water partition coefficient (Wildman–Crippen LogP) is 16.6. The zero-order chi connectivity index (χ0) is 39.2. The molecule has 0 bridgehead atoms. The first-order valence-electron chi connectivity index (χ1n) is 24.4. The van der Waals surface area contributed by atoms with Gasteiger partial charge in [0, 0.05) is 0 Å². The summed E-state index contributed by atoms with van der Waals surface area (Å²) in [7, 11) is 0. The number of aryl methyl sites for hydroxylation is 1. The van der Waals surface area contributed by atoms with Crippen molar-refractivity contribution in [2.75, 3.05) is 12.3 Å². The van der Waals surface area contributed by atoms with E-state index in [1.54, 1.807) is 27.0 Å². The first-order chi connectivity index (χ1) is 27.2. The van der Waals surface area contributed by atoms with Gasteiger partial charge in [0.1, 0.15) is 0 Å². The molecular weight excluding hydrogens is 680 g/mol. The van der Waals surface area contributed by atoms with Crippen LogP contribution < -0.4 is 15.9 Å². The fourth-order valence-electron chi connectivity index (χ4n) is 9.89. The summed E-state index contributed by atoms with van der Waals surface area (Å²) in [5.41, 5.74) is 3.47. The van der Waals surface area contributed by atoms with Crippen LogP contribution in [0.15, 0.2) is 78.9 Å². The van der Waals surface area contributed by atoms with Crippen LogP contribution in [0.25, 0.3) is 0 Å². The molecule has 0 nitrogen and oxygen atoms in total. The van der Waals surface area contributed by atoms with Crippen molar-refractivity contribution in [2.45, 2.75) is 220 Å². The third kappa shape index (κ3) is 15.4. The van der Waals surface area contributed by atoms with Crippen LogP contribution in [0.2, 0.25) is 0 Å². The predicted molar refractivity (Wildman–Crippen MR) is 254 cm³/mol. The van der Waals surface area contributed by atoms with Crippen molar-refractivity contribution in [3.8, 4) is 0 Å². The number of hydrogen-bond acceptors (Lipinski definition) is 0. The first kappa shape index (κ1) is 47.5. The van der Waals surface area contributed by atoms with E-state index >= 15 is 0 Å². The van der Waals surface area contributed by atoms with E-state index in [1.807, 2.05) is 0 Å². The molecule has 310 valence electrons. The number of benzene rings is 3. The molecule has 3 aromatic rings. The van der Waals surface area contributed by atoms with E-state index in [0.717, 1.165) is 0 Å². The normalized spacial score (nSPS) is 12.5. The van der Waals surface area contributed by atoms with Gasteiger partial charge in [-0.2, -0.15) is 0 Å². The van der Waals surface area contributed by atoms with Crippen LogP contribution in [0.1, 0.15) is 219 Å². The van der Waals surface area contributed by atoms with Gasteiger partial charge in [-0.3, -0.25) is 0 Å². The molecule has 0 fully saturated rings. The molecule has 0 aliphatic heterocycles. The van der Waals surface area contributed by atoms with E-state index in [0.29, 0.717) is 0 Å². The molecule has 0 saturated carbocycles. The van der Waals surface area contributed by atoms with Crippen LogP contribution in [0, 0.1) is 0 Å². The summed E-state index contributed by atoms with van der Waals surface area (Å²) >= 11 is 0. The second-order valence-electron chi connectivity index (χ2n) is 17.5. The van der Waals surface area contributed by atoms with E-state index in [2.05, 4.69) is 107 Å². The fraction of sp³-hybridized carbons (Fsp3) is 0.667. The van der Waals surface area contributed by atoms with Crippen molar-refractivity contribution in [1.29, 1.82) is 0 Å². The van der Waals surface area contributed by atoms with E-state index in [9.17, 15) is 0 Å². The van der Waals surface area contributed by atoms with Gasteiger partial charge in [0.15, 0.2) is 0 Å². The van der Waals surface area contributed by atoms with E-state index in [4.69, 9.17) is 0 Å². The van der Waals surface area contributed by atoms with Gasteiger partial charge in [-0.25, -0.2) is 0 Å². The Kier molecular flexibility index (Phi) is 25.3. The summed E-state index contributed by atoms with van der Waals surface area (Å²) in [5.74, 6) is 0. The van der Waals surface area contributed by atoms with Gasteiger partial charge in [-0.15, -0.1) is 0 Å². The molecule has 0 spiro atoms. The van der Waals surface area contributed by atoms with Crippen LogP contribution in [0.4, 0.5) is 0 Å². The Morgan fingerprint density at radius 1 is 0.309 bits per heavy atom. The number of rotatable bonds is 35. The van der Waals surface area contributed by atoms with Crippen molar-refractivity contribution in [3.63, 3.8) is 0 Å². The molecule has 0 aromatic heterocycles. The second kappa shape index (κ2) is 29.3. The van der Waals surface area contributed by atoms with E-state index < -0.39 is 6.60 Å². The molecule has 3 rings (SSSR count). The van der Waals surface area contributed by atoms with Crippen molar-refractivity contribution in [1.82, 2.24) is 0 Å². The van der Waals surface area contributed by atoms with E-state index in [-0.39, 0.29) is 0 Å². The van der Waals surface area contributed by atoms with Gasteiger partial charge in [0.2, 0.25) is 0 Å². The zero-order valence-electron chi connectivity index (χ0n) is 37.1. The molecular formula is C54H89P. The minimum absolute atomic E-state index is 1.25. The van der Waals surface area contributed by atoms with Crippen molar-refractivity contribution in [3.05, 3.63) is 90.0 Å². The van der Waals surface area contributed by atoms with Gasteiger partial charge in [0.25, 0.3) is 0 Å². The number of hydrogen-bond donors (Lipinski definition) is 0. The van der Waals surface area contributed by atoms with Gasteiger partial charge in [0.05, 0.1) is 0 Å². The molecule has 1 heteroatoms. The van der Waals surface area contributed by atoms with Gasteiger partial charge in [-0.1, -0.05) is 0 Å². The molecule has 0 aliphatic rings. The molecule has 0 atom stereocenters. The van der Waals surface area contributed by atoms with Crippen LogP contribution in [-0.2, 0) is 12.8 Å². The van der Waals surface area contributed by atoms with Crippen molar-refractivity contribution < 1.29 is 0 Å². The average Bonchev–Trinajstić information content (AvgIpc) is 3.22. The Balaban J connectivity index is 2.17. The summed E-state index contributed by atoms with van der Waals surface area (Å²) in [6.45, 7) is 6.47. The molecule has 0 heterocycles. The standard InChI is InChI=1S/C54H89P/c1-5-9-13-17-21-25-31-40-50-41-39-47-54(53(50)46-36-26-22-18-14-10-6-2)55(51-42-32-29-33-43-51,52-44-34-30-35-45-52,48-37-27-23-19-15-11-7-3)49-38-28-24-20-16-12-8-4/h29-30,32-35,39,41-45,47H,5-28,31,36-38,40,46,48-49H2,1-4H3. The molecule has 3 aromatic carbocycles. The Hall–Kier alpha value is -1.91. The Labute approximate surface area is 343 Å². The average molecular weight is 769 g/mol. The van der Waals surface area contributed by atoms with E-state index in [1.165, 1.54) is 205 Å². The molecule has 0 aliphatic carbocycles. The SMILES string of the molecule is CCCCCCCCCc1cccc(P(CCCCCCCCC)(CCCCCCCCC)(c2ccccc2)c2ccccc2)c1CCCCCCCCC. The Bertz CT molecular complexity index is 1260. The summed E-state index contributed by atoms with van der Waals surface area (Å²) in [4.78, 5) is 0. The summed E-state index contributed by atoms with van der Waals surface area (Å²) in [5, 5.41) is 5.14. The minimum atomic E-state index is -2.90. The molecule has 0 radical (unpaired) electrons. The summed E-state index contributed by atoms with van der Waals surface area (Å²) in [6, 6.07) is 32.2. The van der Waals surface area contributed by atoms with Crippen molar-refractivity contribution in [2.24, 2.45) is 0 Å². The van der Waals surface area contributed by atoms with Crippen LogP contribution in [0.5, 0.6) is 0 Å². The third-order valence-corrected chi connectivity index (χ3v) is 20.5. The zero-order valence-corrected chi connectivity index (χ0v) is 38.0.